The van der Waals surface area contributed by atoms with Crippen LogP contribution >= 0.6 is 22.0 Å². The zero-order valence-electron chi connectivity index (χ0n) is 6.59. The van der Waals surface area contributed by atoms with E-state index in [0.29, 0.717) is 11.3 Å². The van der Waals surface area contributed by atoms with Crippen molar-refractivity contribution in [2.45, 2.75) is 17.3 Å². The molecule has 0 bridgehead atoms. The molecule has 0 radical (unpaired) electrons. The number of hydrogen-bond acceptors (Lipinski definition) is 4. The van der Waals surface area contributed by atoms with E-state index in [0.717, 1.165) is 0 Å². The molecule has 9 heteroatoms. The van der Waals surface area contributed by atoms with Gasteiger partial charge in [-0.25, -0.2) is 13.4 Å². The zero-order valence-corrected chi connectivity index (χ0v) is 8.98. The number of thiazole rings is 1. The lowest BCUT2D eigenvalue weighted by Gasteiger charge is -2.02. The monoisotopic (exact) mass is 265 g/mol. The van der Waals surface area contributed by atoms with Crippen LogP contribution in [-0.4, -0.2) is 13.4 Å². The van der Waals surface area contributed by atoms with Gasteiger partial charge in [-0.2, -0.15) is 13.2 Å². The molecule has 0 spiro atoms. The van der Waals surface area contributed by atoms with Crippen LogP contribution in [0.2, 0.25) is 0 Å². The molecule has 1 rings (SSSR count). The highest BCUT2D eigenvalue weighted by atomic mass is 35.7. The Bertz CT molecular complexity index is 450. The summed E-state index contributed by atoms with van der Waals surface area (Å²) >= 11 is 0.397. The second-order valence-corrected chi connectivity index (χ2v) is 6.27. The van der Waals surface area contributed by atoms with Crippen LogP contribution < -0.4 is 0 Å². The van der Waals surface area contributed by atoms with Crippen LogP contribution in [0.4, 0.5) is 13.2 Å². The van der Waals surface area contributed by atoms with E-state index < -0.39 is 25.1 Å². The molecule has 0 aliphatic rings. The molecule has 80 valence electrons. The van der Waals surface area contributed by atoms with E-state index in [2.05, 4.69) is 4.98 Å². The van der Waals surface area contributed by atoms with Crippen LogP contribution in [0.25, 0.3) is 0 Å². The fraction of sp³-hybridized carbons (Fsp3) is 0.400. The van der Waals surface area contributed by atoms with Crippen molar-refractivity contribution in [2.24, 2.45) is 0 Å². The standard InChI is InChI=1S/C5H3ClF3NO2S2/c1-2-10-3(5(7,8)9)4(13-2)14(6,11)12/h1H3. The predicted molar refractivity (Wildman–Crippen MR) is 44.9 cm³/mol. The van der Waals surface area contributed by atoms with Gasteiger partial charge in [-0.05, 0) is 6.92 Å². The quantitative estimate of drug-likeness (QED) is 0.733. The summed E-state index contributed by atoms with van der Waals surface area (Å²) in [6, 6.07) is 0. The number of rotatable bonds is 1. The molecule has 0 N–H and O–H groups in total. The van der Waals surface area contributed by atoms with Gasteiger partial charge in [-0.1, -0.05) is 0 Å². The smallest absolute Gasteiger partial charge is 0.236 e. The van der Waals surface area contributed by atoms with Gasteiger partial charge < -0.3 is 0 Å². The van der Waals surface area contributed by atoms with Crippen molar-refractivity contribution in [2.75, 3.05) is 0 Å². The van der Waals surface area contributed by atoms with Crippen LogP contribution in [-0.2, 0) is 15.2 Å². The Morgan fingerprint density at radius 3 is 2.21 bits per heavy atom. The topological polar surface area (TPSA) is 47.0 Å². The van der Waals surface area contributed by atoms with E-state index in [4.69, 9.17) is 10.7 Å². The summed E-state index contributed by atoms with van der Waals surface area (Å²) in [5.74, 6) is 0. The van der Waals surface area contributed by atoms with Gasteiger partial charge in [-0.15, -0.1) is 11.3 Å². The largest absolute Gasteiger partial charge is 0.435 e. The van der Waals surface area contributed by atoms with Crippen LogP contribution in [0, 0.1) is 6.92 Å². The summed E-state index contributed by atoms with van der Waals surface area (Å²) in [6.45, 7) is 1.27. The highest BCUT2D eigenvalue weighted by Crippen LogP contribution is 2.37. The summed E-state index contributed by atoms with van der Waals surface area (Å²) in [5, 5.41) is -0.00319. The molecule has 0 aromatic carbocycles. The minimum absolute atomic E-state index is 0.00319. The van der Waals surface area contributed by atoms with Gasteiger partial charge >= 0.3 is 6.18 Å². The first-order valence-corrected chi connectivity index (χ1v) is 6.24. The highest BCUT2D eigenvalue weighted by molar-refractivity contribution is 8.15. The molecule has 0 saturated carbocycles. The van der Waals surface area contributed by atoms with Crippen molar-refractivity contribution in [1.82, 2.24) is 4.98 Å². The maximum absolute atomic E-state index is 12.2. The number of aryl methyl sites for hydroxylation is 1. The van der Waals surface area contributed by atoms with Crippen molar-refractivity contribution >= 4 is 31.1 Å². The number of hydrogen-bond donors (Lipinski definition) is 0. The van der Waals surface area contributed by atoms with Gasteiger partial charge in [0.2, 0.25) is 0 Å². The zero-order chi connectivity index (χ0) is 11.1. The summed E-state index contributed by atoms with van der Waals surface area (Å²) in [6.07, 6.45) is -4.80. The van der Waals surface area contributed by atoms with Crippen LogP contribution in [0.5, 0.6) is 0 Å². The van der Waals surface area contributed by atoms with Gasteiger partial charge in [0, 0.05) is 10.7 Å². The molecule has 0 aliphatic carbocycles. The molecule has 0 amide bonds. The average molecular weight is 266 g/mol. The van der Waals surface area contributed by atoms with Crippen LogP contribution in [0.3, 0.4) is 0 Å². The molecule has 0 fully saturated rings. The average Bonchev–Trinajstić information content (AvgIpc) is 2.27. The molecule has 0 unspecified atom stereocenters. The maximum atomic E-state index is 12.2. The van der Waals surface area contributed by atoms with E-state index in [1.54, 1.807) is 0 Å². The molecule has 0 saturated heterocycles. The fourth-order valence-electron chi connectivity index (χ4n) is 0.753. The lowest BCUT2D eigenvalue weighted by molar-refractivity contribution is -0.142. The Morgan fingerprint density at radius 2 is 1.93 bits per heavy atom. The minimum Gasteiger partial charge on any atom is -0.236 e. The van der Waals surface area contributed by atoms with E-state index in [-0.39, 0.29) is 5.01 Å². The SMILES string of the molecule is Cc1nc(C(F)(F)F)c(S(=O)(=O)Cl)s1. The third kappa shape index (κ3) is 2.37. The van der Waals surface area contributed by atoms with Crippen molar-refractivity contribution in [3.63, 3.8) is 0 Å². The lowest BCUT2D eigenvalue weighted by atomic mass is 10.5. The first-order valence-electron chi connectivity index (χ1n) is 3.11. The Kier molecular flexibility index (Phi) is 2.81. The molecular weight excluding hydrogens is 263 g/mol. The van der Waals surface area contributed by atoms with Crippen molar-refractivity contribution in [1.29, 1.82) is 0 Å². The molecule has 1 aromatic rings. The molecular formula is C5H3ClF3NO2S2. The molecule has 1 heterocycles. The molecule has 0 aliphatic heterocycles. The highest BCUT2D eigenvalue weighted by Gasteiger charge is 2.40. The lowest BCUT2D eigenvalue weighted by Crippen LogP contribution is -2.09. The van der Waals surface area contributed by atoms with E-state index in [9.17, 15) is 21.6 Å². The Morgan fingerprint density at radius 1 is 1.43 bits per heavy atom. The van der Waals surface area contributed by atoms with Crippen LogP contribution in [0.1, 0.15) is 10.7 Å². The maximum Gasteiger partial charge on any atom is 0.435 e. The second kappa shape index (κ2) is 3.35. The van der Waals surface area contributed by atoms with Crippen molar-refractivity contribution in [3.8, 4) is 0 Å². The van der Waals surface area contributed by atoms with Gasteiger partial charge in [0.05, 0.1) is 5.01 Å². The van der Waals surface area contributed by atoms with E-state index in [1.165, 1.54) is 6.92 Å². The van der Waals surface area contributed by atoms with Gasteiger partial charge in [0.1, 0.15) is 0 Å². The fourth-order valence-corrected chi connectivity index (χ4v) is 3.07. The number of aromatic nitrogens is 1. The molecule has 14 heavy (non-hydrogen) atoms. The van der Waals surface area contributed by atoms with E-state index >= 15 is 0 Å². The number of alkyl halides is 3. The summed E-state index contributed by atoms with van der Waals surface area (Å²) in [5.41, 5.74) is -1.45. The summed E-state index contributed by atoms with van der Waals surface area (Å²) < 4.78 is 57.2. The minimum atomic E-state index is -4.80. The third-order valence-corrected chi connectivity index (χ3v) is 4.24. The summed E-state index contributed by atoms with van der Waals surface area (Å²) in [7, 11) is 0.438. The van der Waals surface area contributed by atoms with E-state index in [1.807, 2.05) is 0 Å². The first-order chi connectivity index (χ1) is 6.12. The molecule has 1 aromatic heterocycles. The number of halogens is 4. The predicted octanol–water partition coefficient (Wildman–Crippen LogP) is 2.40. The Labute approximate surface area is 86.0 Å². The molecule has 0 atom stereocenters. The second-order valence-electron chi connectivity index (χ2n) is 2.30. The van der Waals surface area contributed by atoms with Crippen LogP contribution in [0.15, 0.2) is 4.21 Å². The van der Waals surface area contributed by atoms with Crippen molar-refractivity contribution in [3.05, 3.63) is 10.7 Å². The Balaban J connectivity index is 3.46. The number of nitrogens with zero attached hydrogens (tertiary/aromatic N) is 1. The normalized spacial score (nSPS) is 13.2. The van der Waals surface area contributed by atoms with Crippen molar-refractivity contribution < 1.29 is 21.6 Å². The summed E-state index contributed by atoms with van der Waals surface area (Å²) in [4.78, 5) is 3.08. The third-order valence-electron chi connectivity index (χ3n) is 1.19. The molecule has 3 nitrogen and oxygen atoms in total. The van der Waals surface area contributed by atoms with Gasteiger partial charge in [-0.3, -0.25) is 0 Å². The Hall–Kier alpha value is -0.340. The van der Waals surface area contributed by atoms with Gasteiger partial charge in [0.15, 0.2) is 9.90 Å². The van der Waals surface area contributed by atoms with Gasteiger partial charge in [0.25, 0.3) is 9.05 Å². The first kappa shape index (κ1) is 11.7.